The van der Waals surface area contributed by atoms with Crippen LogP contribution in [-0.2, 0) is 0 Å². The molecule has 0 fully saturated rings. The van der Waals surface area contributed by atoms with E-state index in [0.29, 0.717) is 23.7 Å². The lowest BCUT2D eigenvalue weighted by atomic mass is 9.91. The summed E-state index contributed by atoms with van der Waals surface area (Å²) in [6, 6.07) is 12.8. The molecule has 21 heavy (non-hydrogen) atoms. The summed E-state index contributed by atoms with van der Waals surface area (Å²) in [5.74, 6) is -0.118. The van der Waals surface area contributed by atoms with Crippen molar-refractivity contribution < 1.29 is 14.6 Å². The summed E-state index contributed by atoms with van der Waals surface area (Å²) in [6.07, 6.45) is 2.08. The van der Waals surface area contributed by atoms with E-state index in [0.717, 1.165) is 10.3 Å². The summed E-state index contributed by atoms with van der Waals surface area (Å²) in [6.45, 7) is 0.433. The van der Waals surface area contributed by atoms with Gasteiger partial charge in [-0.1, -0.05) is 23.7 Å². The zero-order chi connectivity index (χ0) is 15.5. The van der Waals surface area contributed by atoms with E-state index in [9.17, 15) is 10.4 Å². The van der Waals surface area contributed by atoms with Gasteiger partial charge in [0.1, 0.15) is 0 Å². The molecule has 1 aromatic carbocycles. The highest BCUT2D eigenvalue weighted by Crippen LogP contribution is 2.27. The van der Waals surface area contributed by atoms with Gasteiger partial charge in [0.05, 0.1) is 19.5 Å². The second kappa shape index (κ2) is 6.43. The van der Waals surface area contributed by atoms with Gasteiger partial charge < -0.3 is 9.85 Å². The topological polar surface area (TPSA) is 47.2 Å². The molecule has 0 spiro atoms. The Balaban J connectivity index is 2.35. The van der Waals surface area contributed by atoms with Crippen molar-refractivity contribution in [1.82, 2.24) is 0 Å². The molecule has 2 aromatic rings. The van der Waals surface area contributed by atoms with E-state index in [1.165, 1.54) is 6.20 Å². The number of hydrogen-bond donors (Lipinski definition) is 1. The van der Waals surface area contributed by atoms with Gasteiger partial charge in [-0.25, -0.2) is 5.21 Å². The molecule has 1 heterocycles. The predicted molar refractivity (Wildman–Crippen MR) is 81.5 cm³/mol. The first-order valence-corrected chi connectivity index (χ1v) is 7.11. The lowest BCUT2D eigenvalue weighted by Gasteiger charge is -2.29. The van der Waals surface area contributed by atoms with Crippen molar-refractivity contribution in [2.24, 2.45) is 0 Å². The number of hydrogen-bond acceptors (Lipinski definition) is 2. The molecule has 1 N–H and O–H groups in total. The highest BCUT2D eigenvalue weighted by Gasteiger charge is 2.23. The van der Waals surface area contributed by atoms with Gasteiger partial charge in [0, 0.05) is 23.6 Å². The molecule has 0 bridgehead atoms. The van der Waals surface area contributed by atoms with E-state index < -0.39 is 0 Å². The molecular weight excluding hydrogens is 288 g/mol. The van der Waals surface area contributed by atoms with E-state index >= 15 is 0 Å². The monoisotopic (exact) mass is 306 g/mol. The third-order valence-electron chi connectivity index (χ3n) is 3.38. The maximum Gasteiger partial charge on any atom is 0.200 e. The molecule has 0 amide bonds. The fraction of sp³-hybridized carbons (Fsp3) is 0.250. The van der Waals surface area contributed by atoms with Gasteiger partial charge in [-0.05, 0) is 23.8 Å². The number of pyridine rings is 1. The average molecular weight is 307 g/mol. The molecule has 2 rings (SSSR count). The molecule has 4 nitrogen and oxygen atoms in total. The quantitative estimate of drug-likeness (QED) is 0.303. The summed E-state index contributed by atoms with van der Waals surface area (Å²) in [5, 5.41) is 22.5. The van der Waals surface area contributed by atoms with Gasteiger partial charge in [-0.2, -0.15) is 4.73 Å². The van der Waals surface area contributed by atoms with Crippen molar-refractivity contribution in [1.29, 1.82) is 0 Å². The summed E-state index contributed by atoms with van der Waals surface area (Å²) < 4.78 is 0.486. The number of benzene rings is 1. The molecule has 0 aliphatic rings. The number of halogens is 1. The van der Waals surface area contributed by atoms with Gasteiger partial charge in [0.2, 0.25) is 0 Å². The molecule has 2 atom stereocenters. The van der Waals surface area contributed by atoms with Crippen LogP contribution in [0.15, 0.2) is 48.7 Å². The summed E-state index contributed by atoms with van der Waals surface area (Å²) in [7, 11) is 5.26. The standard InChI is InChI=1S/C16H19ClN2O2/c1-19(2,21)12-10-15(13-6-8-14(17)9-7-13)16-5-3-4-11-18(16)20/h3-9,11,15,21H,1,10,12H2,2H3. The molecule has 0 aliphatic carbocycles. The lowest BCUT2D eigenvalue weighted by molar-refractivity contribution is -1.05. The maximum absolute atomic E-state index is 12.0. The third-order valence-corrected chi connectivity index (χ3v) is 3.63. The van der Waals surface area contributed by atoms with E-state index in [1.54, 1.807) is 31.3 Å². The molecule has 1 aromatic heterocycles. The lowest BCUT2D eigenvalue weighted by Crippen LogP contribution is -2.37. The molecule has 0 saturated carbocycles. The van der Waals surface area contributed by atoms with E-state index in [-0.39, 0.29) is 10.6 Å². The normalized spacial score (nSPS) is 15.4. The van der Waals surface area contributed by atoms with Crippen LogP contribution in [0.3, 0.4) is 0 Å². The summed E-state index contributed by atoms with van der Waals surface area (Å²) in [5.41, 5.74) is 1.64. The SMILES string of the molecule is [CH2-][N+](C)(O)CCC(c1ccc(Cl)cc1)c1cccc[n+]1[O-]. The molecule has 5 heteroatoms. The van der Waals surface area contributed by atoms with Gasteiger partial charge >= 0.3 is 0 Å². The average Bonchev–Trinajstić information content (AvgIpc) is 2.41. The van der Waals surface area contributed by atoms with E-state index in [2.05, 4.69) is 7.05 Å². The zero-order valence-corrected chi connectivity index (χ0v) is 12.7. The maximum atomic E-state index is 12.0. The van der Waals surface area contributed by atoms with Crippen LogP contribution in [0.4, 0.5) is 0 Å². The highest BCUT2D eigenvalue weighted by molar-refractivity contribution is 6.30. The molecule has 2 unspecified atom stereocenters. The second-order valence-corrected chi connectivity index (χ2v) is 5.84. The van der Waals surface area contributed by atoms with Crippen molar-refractivity contribution in [3.05, 3.63) is 77.2 Å². The second-order valence-electron chi connectivity index (χ2n) is 5.41. The van der Waals surface area contributed by atoms with Gasteiger partial charge in [0.15, 0.2) is 11.9 Å². The first kappa shape index (κ1) is 15.8. The molecule has 112 valence electrons. The number of quaternary nitrogens is 1. The predicted octanol–water partition coefficient (Wildman–Crippen LogP) is 3.12. The molecular formula is C16H19ClN2O2. The molecule has 0 aliphatic heterocycles. The van der Waals surface area contributed by atoms with Crippen LogP contribution in [0.2, 0.25) is 5.02 Å². The Labute approximate surface area is 130 Å². The number of nitrogens with zero attached hydrogens (tertiary/aromatic N) is 2. The minimum atomic E-state index is -0.379. The first-order valence-electron chi connectivity index (χ1n) is 6.73. The van der Waals surface area contributed by atoms with Crippen LogP contribution in [0, 0.1) is 12.3 Å². The van der Waals surface area contributed by atoms with Crippen LogP contribution in [0.1, 0.15) is 23.6 Å². The minimum absolute atomic E-state index is 0.118. The highest BCUT2D eigenvalue weighted by atomic mass is 35.5. The van der Waals surface area contributed by atoms with Crippen molar-refractivity contribution in [2.45, 2.75) is 12.3 Å². The Bertz CT molecular complexity index is 594. The van der Waals surface area contributed by atoms with Crippen LogP contribution in [-0.4, -0.2) is 23.4 Å². The van der Waals surface area contributed by atoms with Crippen molar-refractivity contribution in [3.63, 3.8) is 0 Å². The Kier molecular flexibility index (Phi) is 4.83. The Morgan fingerprint density at radius 3 is 2.52 bits per heavy atom. The minimum Gasteiger partial charge on any atom is -0.618 e. The van der Waals surface area contributed by atoms with Gasteiger partial charge in [-0.15, -0.1) is 7.05 Å². The third kappa shape index (κ3) is 4.43. The van der Waals surface area contributed by atoms with Gasteiger partial charge in [0.25, 0.3) is 0 Å². The number of hydroxylamine groups is 3. The summed E-state index contributed by atoms with van der Waals surface area (Å²) in [4.78, 5) is 0. The van der Waals surface area contributed by atoms with Crippen molar-refractivity contribution in [3.8, 4) is 0 Å². The Morgan fingerprint density at radius 1 is 1.29 bits per heavy atom. The number of aromatic nitrogens is 1. The smallest absolute Gasteiger partial charge is 0.200 e. The van der Waals surface area contributed by atoms with E-state index in [1.807, 2.05) is 18.2 Å². The Hall–Kier alpha value is -1.62. The Morgan fingerprint density at radius 2 is 1.95 bits per heavy atom. The van der Waals surface area contributed by atoms with Crippen molar-refractivity contribution in [2.75, 3.05) is 13.6 Å². The van der Waals surface area contributed by atoms with Crippen molar-refractivity contribution >= 4 is 11.6 Å². The fourth-order valence-electron chi connectivity index (χ4n) is 2.30. The largest absolute Gasteiger partial charge is 0.618 e. The van der Waals surface area contributed by atoms with Gasteiger partial charge in [-0.3, -0.25) is 0 Å². The first-order chi connectivity index (χ1) is 9.87. The number of rotatable bonds is 5. The van der Waals surface area contributed by atoms with Crippen LogP contribution < -0.4 is 4.73 Å². The van der Waals surface area contributed by atoms with Crippen LogP contribution >= 0.6 is 11.6 Å². The van der Waals surface area contributed by atoms with Crippen LogP contribution in [0.25, 0.3) is 0 Å². The van der Waals surface area contributed by atoms with E-state index in [4.69, 9.17) is 11.6 Å². The molecule has 0 saturated heterocycles. The zero-order valence-electron chi connectivity index (χ0n) is 11.9. The van der Waals surface area contributed by atoms with Crippen LogP contribution in [0.5, 0.6) is 0 Å². The molecule has 0 radical (unpaired) electrons. The summed E-state index contributed by atoms with van der Waals surface area (Å²) >= 11 is 5.92. The fourth-order valence-corrected chi connectivity index (χ4v) is 2.42.